The summed E-state index contributed by atoms with van der Waals surface area (Å²) < 4.78 is 42.6. The van der Waals surface area contributed by atoms with E-state index in [-0.39, 0.29) is 18.9 Å². The average molecular weight is 239 g/mol. The fraction of sp³-hybridized carbons (Fsp3) is 0.900. The van der Waals surface area contributed by atoms with Crippen LogP contribution in [-0.4, -0.2) is 31.3 Å². The number of alkyl halides is 3. The lowest BCUT2D eigenvalue weighted by Crippen LogP contribution is -2.34. The van der Waals surface area contributed by atoms with Crippen LogP contribution in [0.25, 0.3) is 0 Å². The number of rotatable bonds is 4. The Kier molecular flexibility index (Phi) is 3.83. The van der Waals surface area contributed by atoms with Gasteiger partial charge in [0.05, 0.1) is 5.41 Å². The SMILES string of the molecule is CC(C)(CCOC1CCNC1=O)C(F)(F)F. The Hall–Kier alpha value is -0.780. The minimum absolute atomic E-state index is 0.0510. The fourth-order valence-corrected chi connectivity index (χ4v) is 1.33. The number of ether oxygens (including phenoxy) is 1. The number of halogens is 3. The molecule has 1 heterocycles. The van der Waals surface area contributed by atoms with E-state index < -0.39 is 17.7 Å². The third kappa shape index (κ3) is 3.10. The fourth-order valence-electron chi connectivity index (χ4n) is 1.33. The largest absolute Gasteiger partial charge is 0.394 e. The van der Waals surface area contributed by atoms with Crippen molar-refractivity contribution in [3.63, 3.8) is 0 Å². The van der Waals surface area contributed by atoms with Gasteiger partial charge in [-0.3, -0.25) is 4.79 Å². The van der Waals surface area contributed by atoms with E-state index >= 15 is 0 Å². The molecular formula is C10H16F3NO2. The van der Waals surface area contributed by atoms with Gasteiger partial charge in [0, 0.05) is 13.2 Å². The monoisotopic (exact) mass is 239 g/mol. The van der Waals surface area contributed by atoms with Gasteiger partial charge in [0.1, 0.15) is 6.10 Å². The molecule has 16 heavy (non-hydrogen) atoms. The van der Waals surface area contributed by atoms with Crippen LogP contribution in [0, 0.1) is 5.41 Å². The summed E-state index contributed by atoms with van der Waals surface area (Å²) in [7, 11) is 0. The van der Waals surface area contributed by atoms with Crippen molar-refractivity contribution in [2.45, 2.75) is 39.0 Å². The number of carbonyl (C=O) groups is 1. The summed E-state index contributed by atoms with van der Waals surface area (Å²) in [6.45, 7) is 2.74. The lowest BCUT2D eigenvalue weighted by atomic mass is 9.89. The van der Waals surface area contributed by atoms with Gasteiger partial charge in [0.15, 0.2) is 0 Å². The molecule has 1 atom stereocenters. The molecule has 0 aromatic heterocycles. The minimum Gasteiger partial charge on any atom is -0.368 e. The second kappa shape index (κ2) is 4.61. The van der Waals surface area contributed by atoms with Crippen molar-refractivity contribution in [2.24, 2.45) is 5.41 Å². The van der Waals surface area contributed by atoms with E-state index in [4.69, 9.17) is 4.74 Å². The predicted molar refractivity (Wildman–Crippen MR) is 51.8 cm³/mol. The molecule has 1 rings (SSSR count). The molecule has 1 aliphatic rings. The van der Waals surface area contributed by atoms with Gasteiger partial charge in [-0.25, -0.2) is 0 Å². The Balaban J connectivity index is 2.32. The molecule has 94 valence electrons. The van der Waals surface area contributed by atoms with Crippen molar-refractivity contribution in [1.82, 2.24) is 5.32 Å². The molecule has 3 nitrogen and oxygen atoms in total. The molecule has 1 unspecified atom stereocenters. The normalized spacial score (nSPS) is 22.3. The van der Waals surface area contributed by atoms with Gasteiger partial charge < -0.3 is 10.1 Å². The van der Waals surface area contributed by atoms with Crippen molar-refractivity contribution in [2.75, 3.05) is 13.2 Å². The number of hydrogen-bond donors (Lipinski definition) is 1. The number of nitrogens with one attached hydrogen (secondary N) is 1. The first-order valence-corrected chi connectivity index (χ1v) is 5.20. The lowest BCUT2D eigenvalue weighted by Gasteiger charge is -2.27. The van der Waals surface area contributed by atoms with Gasteiger partial charge in [0.25, 0.3) is 0 Å². The van der Waals surface area contributed by atoms with E-state index in [1.54, 1.807) is 0 Å². The molecule has 1 amide bonds. The average Bonchev–Trinajstić information content (AvgIpc) is 2.49. The van der Waals surface area contributed by atoms with Crippen LogP contribution in [-0.2, 0) is 9.53 Å². The molecule has 1 N–H and O–H groups in total. The first kappa shape index (κ1) is 13.3. The third-order valence-electron chi connectivity index (χ3n) is 2.81. The van der Waals surface area contributed by atoms with Crippen molar-refractivity contribution in [3.05, 3.63) is 0 Å². The molecule has 0 aromatic rings. The molecule has 0 spiro atoms. The summed E-state index contributed by atoms with van der Waals surface area (Å²) >= 11 is 0. The summed E-state index contributed by atoms with van der Waals surface area (Å²) in [6.07, 6.45) is -4.43. The highest BCUT2D eigenvalue weighted by Crippen LogP contribution is 2.40. The van der Waals surface area contributed by atoms with E-state index in [2.05, 4.69) is 5.32 Å². The number of amides is 1. The molecule has 1 aliphatic heterocycles. The molecular weight excluding hydrogens is 223 g/mol. The zero-order chi connectivity index (χ0) is 12.4. The highest BCUT2D eigenvalue weighted by molar-refractivity contribution is 5.82. The lowest BCUT2D eigenvalue weighted by molar-refractivity contribution is -0.217. The van der Waals surface area contributed by atoms with Crippen molar-refractivity contribution in [1.29, 1.82) is 0 Å². The maximum Gasteiger partial charge on any atom is 0.394 e. The Labute approximate surface area is 92.3 Å². The summed E-state index contributed by atoms with van der Waals surface area (Å²) in [5.74, 6) is -0.232. The van der Waals surface area contributed by atoms with Gasteiger partial charge in [0.2, 0.25) is 5.91 Å². The third-order valence-corrected chi connectivity index (χ3v) is 2.81. The van der Waals surface area contributed by atoms with Gasteiger partial charge in [-0.15, -0.1) is 0 Å². The second-order valence-electron chi connectivity index (χ2n) is 4.57. The van der Waals surface area contributed by atoms with Crippen molar-refractivity contribution in [3.8, 4) is 0 Å². The zero-order valence-electron chi connectivity index (χ0n) is 9.36. The Morgan fingerprint density at radius 3 is 2.50 bits per heavy atom. The quantitative estimate of drug-likeness (QED) is 0.813. The molecule has 0 saturated carbocycles. The number of hydrogen-bond acceptors (Lipinski definition) is 2. The molecule has 6 heteroatoms. The summed E-state index contributed by atoms with van der Waals surface area (Å²) in [5, 5.41) is 2.56. The molecule has 0 radical (unpaired) electrons. The van der Waals surface area contributed by atoms with Gasteiger partial charge >= 0.3 is 6.18 Å². The van der Waals surface area contributed by atoms with E-state index in [0.29, 0.717) is 13.0 Å². The second-order valence-corrected chi connectivity index (χ2v) is 4.57. The van der Waals surface area contributed by atoms with E-state index in [1.165, 1.54) is 0 Å². The first-order chi connectivity index (χ1) is 7.24. The summed E-state index contributed by atoms with van der Waals surface area (Å²) in [5.41, 5.74) is -1.78. The van der Waals surface area contributed by atoms with Crippen LogP contribution in [0.2, 0.25) is 0 Å². The van der Waals surface area contributed by atoms with Crippen LogP contribution in [0.3, 0.4) is 0 Å². The van der Waals surface area contributed by atoms with Gasteiger partial charge in [-0.05, 0) is 12.8 Å². The van der Waals surface area contributed by atoms with Crippen LogP contribution in [0.4, 0.5) is 13.2 Å². The van der Waals surface area contributed by atoms with Crippen LogP contribution in [0.5, 0.6) is 0 Å². The first-order valence-electron chi connectivity index (χ1n) is 5.20. The summed E-state index contributed by atoms with van der Waals surface area (Å²) in [6, 6.07) is 0. The Morgan fingerprint density at radius 2 is 2.06 bits per heavy atom. The van der Waals surface area contributed by atoms with Crippen molar-refractivity contribution >= 4 is 5.91 Å². The van der Waals surface area contributed by atoms with Crippen LogP contribution in [0.15, 0.2) is 0 Å². The highest BCUT2D eigenvalue weighted by atomic mass is 19.4. The van der Waals surface area contributed by atoms with Crippen LogP contribution < -0.4 is 5.32 Å². The highest BCUT2D eigenvalue weighted by Gasteiger charge is 2.46. The molecule has 0 aromatic carbocycles. The van der Waals surface area contributed by atoms with E-state index in [1.807, 2.05) is 0 Å². The van der Waals surface area contributed by atoms with Gasteiger partial charge in [-0.2, -0.15) is 13.2 Å². The Morgan fingerprint density at radius 1 is 1.44 bits per heavy atom. The molecule has 0 bridgehead atoms. The number of carbonyl (C=O) groups excluding carboxylic acids is 1. The van der Waals surface area contributed by atoms with E-state index in [9.17, 15) is 18.0 Å². The minimum atomic E-state index is -4.24. The van der Waals surface area contributed by atoms with Gasteiger partial charge in [-0.1, -0.05) is 13.8 Å². The van der Waals surface area contributed by atoms with Crippen LogP contribution >= 0.6 is 0 Å². The zero-order valence-corrected chi connectivity index (χ0v) is 9.36. The smallest absolute Gasteiger partial charge is 0.368 e. The van der Waals surface area contributed by atoms with Crippen molar-refractivity contribution < 1.29 is 22.7 Å². The Bertz CT molecular complexity index is 263. The molecule has 1 fully saturated rings. The topological polar surface area (TPSA) is 38.3 Å². The standard InChI is InChI=1S/C10H16F3NO2/c1-9(2,10(11,12)13)4-6-16-7-3-5-14-8(7)15/h7H,3-6H2,1-2H3,(H,14,15). The molecule has 1 saturated heterocycles. The maximum absolute atomic E-state index is 12.5. The maximum atomic E-state index is 12.5. The van der Waals surface area contributed by atoms with E-state index in [0.717, 1.165) is 13.8 Å². The molecule has 0 aliphatic carbocycles. The summed E-state index contributed by atoms with van der Waals surface area (Å²) in [4.78, 5) is 11.1. The van der Waals surface area contributed by atoms with Crippen LogP contribution in [0.1, 0.15) is 26.7 Å². The predicted octanol–water partition coefficient (Wildman–Crippen LogP) is 1.87.